The highest BCUT2D eigenvalue weighted by atomic mass is 16.5. The number of nitrogens with one attached hydrogen (secondary N) is 1. The third-order valence-electron chi connectivity index (χ3n) is 3.41. The van der Waals surface area contributed by atoms with Gasteiger partial charge in [-0.25, -0.2) is 0 Å². The minimum atomic E-state index is 0.242. The lowest BCUT2D eigenvalue weighted by atomic mass is 10.0. The molecule has 1 N–H and O–H groups in total. The summed E-state index contributed by atoms with van der Waals surface area (Å²) < 4.78 is 5.41. The van der Waals surface area contributed by atoms with E-state index in [2.05, 4.69) is 49.5 Å². The standard InChI is InChI=1S/C17H21NO/c1-13(15-9-5-4-6-10-15)18-14(2)16-11-7-8-12-17(16)19-3/h4-14,18H,1-3H3. The van der Waals surface area contributed by atoms with E-state index in [4.69, 9.17) is 4.74 Å². The molecule has 19 heavy (non-hydrogen) atoms. The Labute approximate surface area is 115 Å². The molecular formula is C17H21NO. The molecule has 2 rings (SSSR count). The summed E-state index contributed by atoms with van der Waals surface area (Å²) in [4.78, 5) is 0. The fourth-order valence-electron chi connectivity index (χ4n) is 2.33. The van der Waals surface area contributed by atoms with Crippen molar-refractivity contribution in [2.24, 2.45) is 0 Å². The summed E-state index contributed by atoms with van der Waals surface area (Å²) in [6.07, 6.45) is 0. The molecule has 2 aromatic carbocycles. The van der Waals surface area contributed by atoms with Crippen LogP contribution in [0.2, 0.25) is 0 Å². The van der Waals surface area contributed by atoms with E-state index in [0.29, 0.717) is 6.04 Å². The van der Waals surface area contributed by atoms with Gasteiger partial charge in [0.15, 0.2) is 0 Å². The molecule has 0 amide bonds. The Balaban J connectivity index is 2.11. The minimum absolute atomic E-state index is 0.242. The van der Waals surface area contributed by atoms with E-state index in [1.54, 1.807) is 7.11 Å². The summed E-state index contributed by atoms with van der Waals surface area (Å²) in [6, 6.07) is 19.2. The van der Waals surface area contributed by atoms with Gasteiger partial charge in [-0.3, -0.25) is 0 Å². The average Bonchev–Trinajstić information content (AvgIpc) is 2.48. The maximum Gasteiger partial charge on any atom is 0.123 e. The first-order valence-electron chi connectivity index (χ1n) is 6.66. The van der Waals surface area contributed by atoms with Gasteiger partial charge in [0.2, 0.25) is 0 Å². The zero-order valence-corrected chi connectivity index (χ0v) is 11.8. The average molecular weight is 255 g/mol. The first-order chi connectivity index (χ1) is 9.22. The smallest absolute Gasteiger partial charge is 0.123 e. The largest absolute Gasteiger partial charge is 0.496 e. The molecule has 2 nitrogen and oxygen atoms in total. The summed E-state index contributed by atoms with van der Waals surface area (Å²) in [5.74, 6) is 0.933. The van der Waals surface area contributed by atoms with Crippen LogP contribution in [0.15, 0.2) is 54.6 Å². The minimum Gasteiger partial charge on any atom is -0.496 e. The Hall–Kier alpha value is -1.80. The number of hydrogen-bond acceptors (Lipinski definition) is 2. The van der Waals surface area contributed by atoms with Gasteiger partial charge in [-0.05, 0) is 25.5 Å². The van der Waals surface area contributed by atoms with Crippen LogP contribution in [0.5, 0.6) is 5.75 Å². The number of para-hydroxylation sites is 1. The summed E-state index contributed by atoms with van der Waals surface area (Å²) in [6.45, 7) is 4.35. The predicted molar refractivity (Wildman–Crippen MR) is 79.4 cm³/mol. The van der Waals surface area contributed by atoms with Gasteiger partial charge >= 0.3 is 0 Å². The number of ether oxygens (including phenoxy) is 1. The maximum absolute atomic E-state index is 5.41. The lowest BCUT2D eigenvalue weighted by Gasteiger charge is -2.22. The van der Waals surface area contributed by atoms with Crippen LogP contribution in [0.25, 0.3) is 0 Å². The second kappa shape index (κ2) is 6.39. The van der Waals surface area contributed by atoms with Crippen molar-refractivity contribution in [3.05, 3.63) is 65.7 Å². The molecule has 0 radical (unpaired) electrons. The van der Waals surface area contributed by atoms with E-state index < -0.39 is 0 Å². The van der Waals surface area contributed by atoms with Gasteiger partial charge in [-0.2, -0.15) is 0 Å². The first kappa shape index (κ1) is 13.6. The molecule has 0 saturated heterocycles. The van der Waals surface area contributed by atoms with Gasteiger partial charge in [0, 0.05) is 17.6 Å². The molecule has 0 aliphatic carbocycles. The summed E-state index contributed by atoms with van der Waals surface area (Å²) in [5, 5.41) is 3.61. The quantitative estimate of drug-likeness (QED) is 0.868. The van der Waals surface area contributed by atoms with Gasteiger partial charge < -0.3 is 10.1 Å². The van der Waals surface area contributed by atoms with Crippen molar-refractivity contribution in [2.75, 3.05) is 7.11 Å². The Kier molecular flexibility index (Phi) is 4.58. The van der Waals surface area contributed by atoms with E-state index in [1.165, 1.54) is 11.1 Å². The van der Waals surface area contributed by atoms with E-state index >= 15 is 0 Å². The third kappa shape index (κ3) is 3.36. The van der Waals surface area contributed by atoms with E-state index in [0.717, 1.165) is 5.75 Å². The van der Waals surface area contributed by atoms with Crippen molar-refractivity contribution in [3.63, 3.8) is 0 Å². The van der Waals surface area contributed by atoms with Crippen molar-refractivity contribution in [2.45, 2.75) is 25.9 Å². The topological polar surface area (TPSA) is 21.3 Å². The SMILES string of the molecule is COc1ccccc1C(C)NC(C)c1ccccc1. The van der Waals surface area contributed by atoms with Crippen LogP contribution in [0.3, 0.4) is 0 Å². The second-order valence-electron chi connectivity index (χ2n) is 4.76. The molecule has 0 saturated carbocycles. The highest BCUT2D eigenvalue weighted by Crippen LogP contribution is 2.26. The van der Waals surface area contributed by atoms with E-state index in [-0.39, 0.29) is 6.04 Å². The van der Waals surface area contributed by atoms with Crippen LogP contribution in [0.1, 0.15) is 37.1 Å². The van der Waals surface area contributed by atoms with Gasteiger partial charge in [-0.1, -0.05) is 48.5 Å². The van der Waals surface area contributed by atoms with Crippen molar-refractivity contribution in [1.82, 2.24) is 5.32 Å². The van der Waals surface area contributed by atoms with Crippen molar-refractivity contribution < 1.29 is 4.74 Å². The molecule has 0 heterocycles. The Morgan fingerprint density at radius 1 is 0.842 bits per heavy atom. The third-order valence-corrected chi connectivity index (χ3v) is 3.41. The Morgan fingerprint density at radius 3 is 2.16 bits per heavy atom. The van der Waals surface area contributed by atoms with Gasteiger partial charge in [0.25, 0.3) is 0 Å². The first-order valence-corrected chi connectivity index (χ1v) is 6.66. The molecule has 2 unspecified atom stereocenters. The molecule has 0 aromatic heterocycles. The van der Waals surface area contributed by atoms with Gasteiger partial charge in [0.05, 0.1) is 7.11 Å². The lowest BCUT2D eigenvalue weighted by molar-refractivity contribution is 0.396. The number of hydrogen-bond donors (Lipinski definition) is 1. The zero-order chi connectivity index (χ0) is 13.7. The zero-order valence-electron chi connectivity index (χ0n) is 11.8. The van der Waals surface area contributed by atoms with E-state index in [9.17, 15) is 0 Å². The molecule has 0 bridgehead atoms. The summed E-state index contributed by atoms with van der Waals surface area (Å²) in [7, 11) is 1.71. The number of benzene rings is 2. The molecule has 0 spiro atoms. The van der Waals surface area contributed by atoms with Crippen molar-refractivity contribution >= 4 is 0 Å². The fraction of sp³-hybridized carbons (Fsp3) is 0.294. The normalized spacial score (nSPS) is 13.8. The molecule has 0 aliphatic rings. The Morgan fingerprint density at radius 2 is 1.47 bits per heavy atom. The van der Waals surface area contributed by atoms with Crippen LogP contribution in [0, 0.1) is 0 Å². The fourth-order valence-corrected chi connectivity index (χ4v) is 2.33. The van der Waals surface area contributed by atoms with Gasteiger partial charge in [-0.15, -0.1) is 0 Å². The highest BCUT2D eigenvalue weighted by Gasteiger charge is 2.13. The maximum atomic E-state index is 5.41. The van der Waals surface area contributed by atoms with Crippen LogP contribution in [-0.2, 0) is 0 Å². The predicted octanol–water partition coefficient (Wildman–Crippen LogP) is 4.11. The van der Waals surface area contributed by atoms with Crippen LogP contribution in [-0.4, -0.2) is 7.11 Å². The molecule has 0 aliphatic heterocycles. The second-order valence-corrected chi connectivity index (χ2v) is 4.76. The molecule has 2 heteroatoms. The summed E-state index contributed by atoms with van der Waals surface area (Å²) in [5.41, 5.74) is 2.48. The van der Waals surface area contributed by atoms with Gasteiger partial charge in [0.1, 0.15) is 5.75 Å². The molecular weight excluding hydrogens is 234 g/mol. The lowest BCUT2D eigenvalue weighted by Crippen LogP contribution is -2.22. The molecule has 2 aromatic rings. The number of methoxy groups -OCH3 is 1. The van der Waals surface area contributed by atoms with E-state index in [1.807, 2.05) is 24.3 Å². The van der Waals surface area contributed by atoms with Crippen LogP contribution < -0.4 is 10.1 Å². The molecule has 0 fully saturated rings. The molecule has 2 atom stereocenters. The highest BCUT2D eigenvalue weighted by molar-refractivity contribution is 5.35. The Bertz CT molecular complexity index is 510. The monoisotopic (exact) mass is 255 g/mol. The summed E-state index contributed by atoms with van der Waals surface area (Å²) >= 11 is 0. The van der Waals surface area contributed by atoms with Crippen LogP contribution in [0.4, 0.5) is 0 Å². The van der Waals surface area contributed by atoms with Crippen molar-refractivity contribution in [3.8, 4) is 5.75 Å². The van der Waals surface area contributed by atoms with Crippen LogP contribution >= 0.6 is 0 Å². The molecule has 100 valence electrons. The van der Waals surface area contributed by atoms with Crippen molar-refractivity contribution in [1.29, 1.82) is 0 Å². The number of rotatable bonds is 5.